The van der Waals surface area contributed by atoms with E-state index in [1.165, 1.54) is 6.07 Å². The summed E-state index contributed by atoms with van der Waals surface area (Å²) in [5, 5.41) is 0.531. The zero-order valence-electron chi connectivity index (χ0n) is 10.2. The van der Waals surface area contributed by atoms with Crippen molar-refractivity contribution in [1.82, 2.24) is 0 Å². The van der Waals surface area contributed by atoms with Crippen molar-refractivity contribution in [2.75, 3.05) is 0 Å². The maximum absolute atomic E-state index is 13.6. The summed E-state index contributed by atoms with van der Waals surface area (Å²) >= 11 is 5.87. The van der Waals surface area contributed by atoms with Crippen LogP contribution < -0.4 is 5.73 Å². The monoisotopic (exact) mass is 263 g/mol. The predicted molar refractivity (Wildman–Crippen MR) is 73.2 cm³/mol. The maximum Gasteiger partial charge on any atom is 0.126 e. The van der Waals surface area contributed by atoms with Gasteiger partial charge in [0, 0.05) is 11.1 Å². The van der Waals surface area contributed by atoms with Gasteiger partial charge < -0.3 is 5.73 Å². The van der Waals surface area contributed by atoms with Crippen LogP contribution in [-0.2, 0) is 6.42 Å². The molecule has 0 aliphatic carbocycles. The Morgan fingerprint density at radius 2 is 1.94 bits per heavy atom. The quantitative estimate of drug-likeness (QED) is 0.889. The van der Waals surface area contributed by atoms with E-state index in [2.05, 4.69) is 0 Å². The van der Waals surface area contributed by atoms with Crippen LogP contribution in [0.2, 0.25) is 5.02 Å². The SMILES string of the molecule is Cc1ccccc1C(N)Cc1cc(Cl)ccc1F. The van der Waals surface area contributed by atoms with Gasteiger partial charge >= 0.3 is 0 Å². The van der Waals surface area contributed by atoms with E-state index in [1.54, 1.807) is 12.1 Å². The molecule has 0 bridgehead atoms. The zero-order valence-corrected chi connectivity index (χ0v) is 10.9. The largest absolute Gasteiger partial charge is 0.324 e. The molecule has 0 radical (unpaired) electrons. The van der Waals surface area contributed by atoms with E-state index in [0.29, 0.717) is 17.0 Å². The number of rotatable bonds is 3. The Morgan fingerprint density at radius 1 is 1.22 bits per heavy atom. The Hall–Kier alpha value is -1.38. The second kappa shape index (κ2) is 5.51. The van der Waals surface area contributed by atoms with E-state index >= 15 is 0 Å². The van der Waals surface area contributed by atoms with E-state index < -0.39 is 0 Å². The summed E-state index contributed by atoms with van der Waals surface area (Å²) in [6.45, 7) is 2.00. The molecule has 0 heterocycles. The number of aryl methyl sites for hydroxylation is 1. The Labute approximate surface area is 111 Å². The van der Waals surface area contributed by atoms with Gasteiger partial charge in [-0.15, -0.1) is 0 Å². The molecule has 0 fully saturated rings. The topological polar surface area (TPSA) is 26.0 Å². The fraction of sp³-hybridized carbons (Fsp3) is 0.200. The van der Waals surface area contributed by atoms with Crippen molar-refractivity contribution in [3.05, 3.63) is 70.0 Å². The van der Waals surface area contributed by atoms with Gasteiger partial charge in [-0.05, 0) is 48.2 Å². The molecular formula is C15H15ClFN. The minimum absolute atomic E-state index is 0.223. The van der Waals surface area contributed by atoms with E-state index in [9.17, 15) is 4.39 Å². The highest BCUT2D eigenvalue weighted by atomic mass is 35.5. The van der Waals surface area contributed by atoms with Crippen molar-refractivity contribution in [3.8, 4) is 0 Å². The molecule has 0 amide bonds. The second-order valence-corrected chi connectivity index (χ2v) is 4.84. The number of halogens is 2. The third-order valence-corrected chi connectivity index (χ3v) is 3.27. The molecule has 2 aromatic carbocycles. The molecule has 94 valence electrons. The first kappa shape index (κ1) is 13.1. The molecule has 0 aromatic heterocycles. The molecule has 1 unspecified atom stereocenters. The number of hydrogen-bond donors (Lipinski definition) is 1. The minimum Gasteiger partial charge on any atom is -0.324 e. The first-order valence-electron chi connectivity index (χ1n) is 5.83. The van der Waals surface area contributed by atoms with Crippen molar-refractivity contribution < 1.29 is 4.39 Å². The third kappa shape index (κ3) is 2.89. The summed E-state index contributed by atoms with van der Waals surface area (Å²) in [5.74, 6) is -0.261. The highest BCUT2D eigenvalue weighted by Crippen LogP contribution is 2.22. The second-order valence-electron chi connectivity index (χ2n) is 4.40. The van der Waals surface area contributed by atoms with E-state index in [4.69, 9.17) is 17.3 Å². The Kier molecular flexibility index (Phi) is 4.00. The summed E-state index contributed by atoms with van der Waals surface area (Å²) < 4.78 is 13.6. The highest BCUT2D eigenvalue weighted by molar-refractivity contribution is 6.30. The van der Waals surface area contributed by atoms with Gasteiger partial charge in [0.15, 0.2) is 0 Å². The lowest BCUT2D eigenvalue weighted by Crippen LogP contribution is -2.15. The zero-order chi connectivity index (χ0) is 13.1. The lowest BCUT2D eigenvalue weighted by atomic mass is 9.96. The van der Waals surface area contributed by atoms with Crippen LogP contribution in [0.1, 0.15) is 22.7 Å². The first-order chi connectivity index (χ1) is 8.58. The molecule has 1 nitrogen and oxygen atoms in total. The normalized spacial score (nSPS) is 12.4. The van der Waals surface area contributed by atoms with Crippen LogP contribution in [0.4, 0.5) is 4.39 Å². The molecule has 18 heavy (non-hydrogen) atoms. The summed E-state index contributed by atoms with van der Waals surface area (Å²) in [7, 11) is 0. The predicted octanol–water partition coefficient (Wildman–Crippen LogP) is 4.03. The lowest BCUT2D eigenvalue weighted by Gasteiger charge is -2.15. The van der Waals surface area contributed by atoms with Crippen molar-refractivity contribution in [3.63, 3.8) is 0 Å². The lowest BCUT2D eigenvalue weighted by molar-refractivity contribution is 0.593. The van der Waals surface area contributed by atoms with Crippen molar-refractivity contribution in [1.29, 1.82) is 0 Å². The molecular weight excluding hydrogens is 249 g/mol. The standard InChI is InChI=1S/C15H15ClFN/c1-10-4-2-3-5-13(10)15(18)9-11-8-12(16)6-7-14(11)17/h2-8,15H,9,18H2,1H3. The fourth-order valence-electron chi connectivity index (χ4n) is 2.05. The Bertz CT molecular complexity index is 554. The van der Waals surface area contributed by atoms with Crippen LogP contribution in [0.5, 0.6) is 0 Å². The van der Waals surface area contributed by atoms with Gasteiger partial charge in [0.05, 0.1) is 0 Å². The number of benzene rings is 2. The van der Waals surface area contributed by atoms with Crippen LogP contribution >= 0.6 is 11.6 Å². The van der Waals surface area contributed by atoms with Gasteiger partial charge in [0.25, 0.3) is 0 Å². The van der Waals surface area contributed by atoms with Crippen LogP contribution in [0.15, 0.2) is 42.5 Å². The third-order valence-electron chi connectivity index (χ3n) is 3.04. The molecule has 2 aromatic rings. The summed E-state index contributed by atoms with van der Waals surface area (Å²) in [4.78, 5) is 0. The summed E-state index contributed by atoms with van der Waals surface area (Å²) in [6, 6.07) is 12.2. The van der Waals surface area contributed by atoms with E-state index in [0.717, 1.165) is 11.1 Å². The molecule has 0 aliphatic heterocycles. The first-order valence-corrected chi connectivity index (χ1v) is 6.21. The summed E-state index contributed by atoms with van der Waals surface area (Å²) in [6.07, 6.45) is 0.442. The van der Waals surface area contributed by atoms with Gasteiger partial charge in [0.2, 0.25) is 0 Å². The molecule has 1 atom stereocenters. The fourth-order valence-corrected chi connectivity index (χ4v) is 2.24. The van der Waals surface area contributed by atoms with Crippen molar-refractivity contribution in [2.45, 2.75) is 19.4 Å². The van der Waals surface area contributed by atoms with E-state index in [-0.39, 0.29) is 11.9 Å². The molecule has 3 heteroatoms. The van der Waals surface area contributed by atoms with Gasteiger partial charge in [-0.3, -0.25) is 0 Å². The molecule has 2 N–H and O–H groups in total. The van der Waals surface area contributed by atoms with Crippen LogP contribution in [0.3, 0.4) is 0 Å². The van der Waals surface area contributed by atoms with Crippen LogP contribution in [0, 0.1) is 12.7 Å². The van der Waals surface area contributed by atoms with Crippen LogP contribution in [-0.4, -0.2) is 0 Å². The average molecular weight is 264 g/mol. The average Bonchev–Trinajstić information content (AvgIpc) is 2.34. The molecule has 0 saturated heterocycles. The van der Waals surface area contributed by atoms with E-state index in [1.807, 2.05) is 31.2 Å². The smallest absolute Gasteiger partial charge is 0.126 e. The highest BCUT2D eigenvalue weighted by Gasteiger charge is 2.12. The van der Waals surface area contributed by atoms with Crippen molar-refractivity contribution >= 4 is 11.6 Å². The molecule has 0 spiro atoms. The molecule has 0 saturated carbocycles. The van der Waals surface area contributed by atoms with Gasteiger partial charge in [-0.2, -0.15) is 0 Å². The van der Waals surface area contributed by atoms with Gasteiger partial charge in [0.1, 0.15) is 5.82 Å². The Morgan fingerprint density at radius 3 is 2.67 bits per heavy atom. The van der Waals surface area contributed by atoms with Gasteiger partial charge in [-0.25, -0.2) is 4.39 Å². The van der Waals surface area contributed by atoms with Crippen molar-refractivity contribution in [2.24, 2.45) is 5.73 Å². The summed E-state index contributed by atoms with van der Waals surface area (Å²) in [5.41, 5.74) is 8.85. The minimum atomic E-state index is -0.261. The number of nitrogens with two attached hydrogens (primary N) is 1. The maximum atomic E-state index is 13.6. The number of hydrogen-bond acceptors (Lipinski definition) is 1. The van der Waals surface area contributed by atoms with Gasteiger partial charge in [-0.1, -0.05) is 35.9 Å². The van der Waals surface area contributed by atoms with Crippen LogP contribution in [0.25, 0.3) is 0 Å². The Balaban J connectivity index is 2.24. The molecule has 2 rings (SSSR count). The molecule has 0 aliphatic rings.